The van der Waals surface area contributed by atoms with Gasteiger partial charge in [0.05, 0.1) is 11.3 Å². The van der Waals surface area contributed by atoms with Crippen LogP contribution in [0.15, 0.2) is 27.3 Å². The molecule has 2 aliphatic heterocycles. The zero-order chi connectivity index (χ0) is 23.0. The number of tetrazole rings is 1. The second kappa shape index (κ2) is 9.09. The van der Waals surface area contributed by atoms with Gasteiger partial charge in [-0.05, 0) is 16.0 Å². The summed E-state index contributed by atoms with van der Waals surface area (Å²) < 4.78 is 1.47. The van der Waals surface area contributed by atoms with Crippen LogP contribution in [0.4, 0.5) is 5.13 Å². The Morgan fingerprint density at radius 1 is 1.50 bits per heavy atom. The highest BCUT2D eigenvalue weighted by molar-refractivity contribution is 8.01. The van der Waals surface area contributed by atoms with Crippen molar-refractivity contribution in [3.05, 3.63) is 27.9 Å². The first kappa shape index (κ1) is 22.6. The highest BCUT2D eigenvalue weighted by Crippen LogP contribution is 2.41. The number of aliphatic carboxylic acids is 1. The van der Waals surface area contributed by atoms with Gasteiger partial charge in [0.25, 0.3) is 11.8 Å². The number of hydrogen-bond donors (Lipinski definition) is 3. The van der Waals surface area contributed by atoms with E-state index in [0.717, 1.165) is 16.9 Å². The number of nitrogens with two attached hydrogens (primary N) is 1. The monoisotopic (exact) mass is 514 g/mol. The average Bonchev–Trinajstić information content (AvgIpc) is 3.37. The number of aromatic nitrogens is 5. The summed E-state index contributed by atoms with van der Waals surface area (Å²) in [4.78, 5) is 42.7. The van der Waals surface area contributed by atoms with Crippen LogP contribution in [0.1, 0.15) is 5.69 Å². The second-order valence-electron chi connectivity index (χ2n) is 6.59. The van der Waals surface area contributed by atoms with Crippen LogP contribution in [-0.4, -0.2) is 75.9 Å². The fourth-order valence-electron chi connectivity index (χ4n) is 3.14. The molecule has 0 saturated carbocycles. The summed E-state index contributed by atoms with van der Waals surface area (Å²) in [6, 6.07) is -0.887. The molecule has 4 N–H and O–H groups in total. The average molecular weight is 515 g/mol. The summed E-state index contributed by atoms with van der Waals surface area (Å²) >= 11 is 9.59. The van der Waals surface area contributed by atoms with Gasteiger partial charge in [0.15, 0.2) is 5.13 Å². The third-order valence-electron chi connectivity index (χ3n) is 4.64. The second-order valence-corrected chi connectivity index (χ2v) is 9.74. The van der Waals surface area contributed by atoms with Crippen molar-refractivity contribution >= 4 is 74.9 Å². The number of rotatable bonds is 7. The Labute approximate surface area is 198 Å². The number of hydrogen-bond acceptors (Lipinski definition) is 11. The molecule has 2 amide bonds. The van der Waals surface area contributed by atoms with E-state index in [1.165, 1.54) is 33.1 Å². The molecule has 0 spiro atoms. The summed E-state index contributed by atoms with van der Waals surface area (Å²) in [5, 5.41) is 25.4. The lowest BCUT2D eigenvalue weighted by Gasteiger charge is -2.49. The fraction of sp³-hybridized carbons (Fsp3) is 0.312. The number of thioether (sulfide) groups is 2. The van der Waals surface area contributed by atoms with Crippen molar-refractivity contribution in [2.24, 2.45) is 7.05 Å². The van der Waals surface area contributed by atoms with Gasteiger partial charge in [-0.25, -0.2) is 14.5 Å². The molecule has 0 aromatic carbocycles. The zero-order valence-electron chi connectivity index (χ0n) is 16.3. The number of β-lactam (4-membered cyclic amide) rings is 1. The third kappa shape index (κ3) is 4.07. The lowest BCUT2D eigenvalue weighted by Crippen LogP contribution is -2.70. The Balaban J connectivity index is 1.48. The smallest absolute Gasteiger partial charge is 0.352 e. The van der Waals surface area contributed by atoms with E-state index in [0.29, 0.717) is 27.9 Å². The van der Waals surface area contributed by atoms with E-state index in [9.17, 15) is 19.5 Å². The molecule has 1 saturated heterocycles. The molecule has 0 bridgehead atoms. The number of carboxylic acid groups (broad SMARTS) is 1. The molecule has 12 nitrogen and oxygen atoms in total. The topological polar surface area (TPSA) is 169 Å². The Morgan fingerprint density at radius 3 is 2.88 bits per heavy atom. The van der Waals surface area contributed by atoms with Gasteiger partial charge in [0.2, 0.25) is 5.16 Å². The van der Waals surface area contributed by atoms with Gasteiger partial charge in [0.1, 0.15) is 17.1 Å². The zero-order valence-corrected chi connectivity index (χ0v) is 19.5. The van der Waals surface area contributed by atoms with Crippen LogP contribution in [0.3, 0.4) is 0 Å². The molecular weight excluding hydrogens is 500 g/mol. The van der Waals surface area contributed by atoms with Crippen molar-refractivity contribution in [1.82, 2.24) is 35.4 Å². The SMILES string of the molecule is Cn1nnnc1SCC1=C(C(=O)O)N2C(=O)C(NC(=O)C(=CCl)c3csc(N)n3)[C@H]2SC1. The molecule has 1 fully saturated rings. The van der Waals surface area contributed by atoms with Crippen molar-refractivity contribution in [2.75, 3.05) is 17.2 Å². The van der Waals surface area contributed by atoms with Gasteiger partial charge in [-0.1, -0.05) is 23.4 Å². The molecule has 16 heteroatoms. The van der Waals surface area contributed by atoms with Crippen LogP contribution in [0.2, 0.25) is 0 Å². The van der Waals surface area contributed by atoms with E-state index < -0.39 is 29.2 Å². The van der Waals surface area contributed by atoms with Crippen LogP contribution in [0.5, 0.6) is 0 Å². The molecule has 2 aromatic heterocycles. The van der Waals surface area contributed by atoms with E-state index in [1.54, 1.807) is 12.4 Å². The van der Waals surface area contributed by atoms with Gasteiger partial charge < -0.3 is 16.2 Å². The minimum absolute atomic E-state index is 0.0649. The molecule has 0 radical (unpaired) electrons. The van der Waals surface area contributed by atoms with E-state index in [4.69, 9.17) is 17.3 Å². The molecule has 2 aliphatic rings. The number of anilines is 1. The minimum atomic E-state index is -1.21. The van der Waals surface area contributed by atoms with E-state index in [-0.39, 0.29) is 16.4 Å². The number of fused-ring (bicyclic) bond motifs is 1. The number of amides is 2. The molecule has 168 valence electrons. The van der Waals surface area contributed by atoms with Crippen molar-refractivity contribution in [1.29, 1.82) is 0 Å². The number of thiazole rings is 1. The summed E-state index contributed by atoms with van der Waals surface area (Å²) in [5.74, 6) is -1.63. The predicted octanol–water partition coefficient (Wildman–Crippen LogP) is 0.359. The molecule has 32 heavy (non-hydrogen) atoms. The highest BCUT2D eigenvalue weighted by Gasteiger charge is 2.54. The quantitative estimate of drug-likeness (QED) is 0.265. The predicted molar refractivity (Wildman–Crippen MR) is 120 cm³/mol. The van der Waals surface area contributed by atoms with Gasteiger partial charge >= 0.3 is 5.97 Å². The van der Waals surface area contributed by atoms with Crippen molar-refractivity contribution in [3.63, 3.8) is 0 Å². The van der Waals surface area contributed by atoms with E-state index in [2.05, 4.69) is 25.8 Å². The van der Waals surface area contributed by atoms with Gasteiger partial charge in [0, 0.05) is 29.5 Å². The molecule has 2 aromatic rings. The van der Waals surface area contributed by atoms with Crippen molar-refractivity contribution in [3.8, 4) is 0 Å². The maximum atomic E-state index is 12.8. The Kier molecular flexibility index (Phi) is 6.41. The Morgan fingerprint density at radius 2 is 2.28 bits per heavy atom. The van der Waals surface area contributed by atoms with E-state index in [1.807, 2.05) is 0 Å². The maximum Gasteiger partial charge on any atom is 0.352 e. The number of carbonyl (C=O) groups excluding carboxylic acids is 2. The summed E-state index contributed by atoms with van der Waals surface area (Å²) in [5.41, 5.74) is 7.53. The van der Waals surface area contributed by atoms with Crippen LogP contribution < -0.4 is 11.1 Å². The van der Waals surface area contributed by atoms with Crippen LogP contribution in [0, 0.1) is 0 Å². The number of nitrogen functional groups attached to an aromatic ring is 1. The fourth-order valence-corrected chi connectivity index (χ4v) is 6.25. The number of nitrogens with one attached hydrogen (secondary N) is 1. The summed E-state index contributed by atoms with van der Waals surface area (Å²) in [7, 11) is 1.68. The van der Waals surface area contributed by atoms with Crippen LogP contribution in [0.25, 0.3) is 5.57 Å². The third-order valence-corrected chi connectivity index (χ3v) is 7.97. The van der Waals surface area contributed by atoms with Crippen LogP contribution >= 0.6 is 46.5 Å². The van der Waals surface area contributed by atoms with Crippen molar-refractivity contribution in [2.45, 2.75) is 16.6 Å². The number of carboxylic acids is 1. The van der Waals surface area contributed by atoms with Gasteiger partial charge in [-0.3, -0.25) is 14.5 Å². The van der Waals surface area contributed by atoms with Gasteiger partial charge in [-0.15, -0.1) is 28.2 Å². The number of carbonyl (C=O) groups is 3. The highest BCUT2D eigenvalue weighted by atomic mass is 35.5. The molecule has 4 rings (SSSR count). The normalized spacial score (nSPS) is 20.8. The first-order valence-electron chi connectivity index (χ1n) is 8.89. The molecule has 1 unspecified atom stereocenters. The lowest BCUT2D eigenvalue weighted by atomic mass is 10.0. The molecule has 2 atom stereocenters. The van der Waals surface area contributed by atoms with E-state index >= 15 is 0 Å². The summed E-state index contributed by atoms with van der Waals surface area (Å²) in [6.07, 6.45) is 0. The van der Waals surface area contributed by atoms with Gasteiger partial charge in [-0.2, -0.15) is 0 Å². The first-order valence-corrected chi connectivity index (χ1v) is 12.2. The molecular formula is C16H15ClN8O4S3. The minimum Gasteiger partial charge on any atom is -0.477 e. The maximum absolute atomic E-state index is 12.8. The lowest BCUT2D eigenvalue weighted by molar-refractivity contribution is -0.150. The standard InChI is InChI=1S/C16H15ClN8O4S3/c1-24-16(21-22-23-24)32-4-6-3-30-13-9(12(27)25(13)10(6)14(28)29)20-11(26)7(2-17)8-5-31-15(18)19-8/h2,5,9,13H,3-4H2,1H3,(H2,18,19)(H,20,26)(H,28,29)/t9?,13-/m1/s1. The number of nitrogens with zero attached hydrogens (tertiary/aromatic N) is 6. The Hall–Kier alpha value is -2.62. The summed E-state index contributed by atoms with van der Waals surface area (Å²) in [6.45, 7) is 0. The first-order chi connectivity index (χ1) is 15.3. The van der Waals surface area contributed by atoms with Crippen LogP contribution in [-0.2, 0) is 21.4 Å². The Bertz CT molecular complexity index is 1160. The molecule has 0 aliphatic carbocycles. The number of aryl methyl sites for hydroxylation is 1. The molecule has 4 heterocycles. The van der Waals surface area contributed by atoms with Crippen molar-refractivity contribution < 1.29 is 19.5 Å². The number of halogens is 1. The largest absolute Gasteiger partial charge is 0.477 e.